The van der Waals surface area contributed by atoms with Crippen LogP contribution in [0.3, 0.4) is 0 Å². The molecule has 0 aromatic heterocycles. The maximum absolute atomic E-state index is 13.4. The monoisotopic (exact) mass is 420 g/mol. The highest BCUT2D eigenvalue weighted by Crippen LogP contribution is 2.24. The number of hydrogen-bond acceptors (Lipinski definition) is 2. The van der Waals surface area contributed by atoms with E-state index in [1.165, 1.54) is 6.07 Å². The van der Waals surface area contributed by atoms with Crippen molar-refractivity contribution in [1.29, 1.82) is 0 Å². The molecule has 0 radical (unpaired) electrons. The van der Waals surface area contributed by atoms with Crippen LogP contribution in [0.5, 0.6) is 0 Å². The lowest BCUT2D eigenvalue weighted by Gasteiger charge is -2.10. The number of hydrogen-bond donors (Lipinski definition) is 2. The van der Waals surface area contributed by atoms with Gasteiger partial charge < -0.3 is 11.1 Å². The molecule has 94 valence electrons. The maximum atomic E-state index is 13.4. The number of nitrogen functional groups attached to an aromatic ring is 1. The molecule has 0 aliphatic carbocycles. The lowest BCUT2D eigenvalue weighted by molar-refractivity contribution is 0.621. The molecule has 2 nitrogen and oxygen atoms in total. The van der Waals surface area contributed by atoms with Gasteiger partial charge in [-0.1, -0.05) is 28.1 Å². The molecule has 0 aliphatic heterocycles. The van der Waals surface area contributed by atoms with Crippen LogP contribution in [0.2, 0.25) is 0 Å². The predicted octanol–water partition coefficient (Wildman–Crippen LogP) is 4.39. The van der Waals surface area contributed by atoms with Gasteiger partial charge in [0.15, 0.2) is 0 Å². The molecule has 3 N–H and O–H groups in total. The van der Waals surface area contributed by atoms with E-state index in [9.17, 15) is 4.39 Å². The summed E-state index contributed by atoms with van der Waals surface area (Å²) in [7, 11) is 0. The molecular formula is C13H11BrFIN2. The lowest BCUT2D eigenvalue weighted by atomic mass is 10.2. The lowest BCUT2D eigenvalue weighted by Crippen LogP contribution is -2.03. The van der Waals surface area contributed by atoms with Gasteiger partial charge in [-0.2, -0.15) is 0 Å². The Labute approximate surface area is 127 Å². The standard InChI is InChI=1S/C13H11BrFIN2/c14-9-3-1-2-8(4-9)7-18-13-5-10(15)11(16)6-12(13)17/h1-6,18H,7,17H2. The topological polar surface area (TPSA) is 38.0 Å². The summed E-state index contributed by atoms with van der Waals surface area (Å²) >= 11 is 5.33. The fraction of sp³-hybridized carbons (Fsp3) is 0.0769. The molecule has 0 fully saturated rings. The smallest absolute Gasteiger partial charge is 0.138 e. The first-order valence-electron chi connectivity index (χ1n) is 5.29. The average Bonchev–Trinajstić information content (AvgIpc) is 2.32. The van der Waals surface area contributed by atoms with Gasteiger partial charge >= 0.3 is 0 Å². The first kappa shape index (κ1) is 13.6. The fourth-order valence-electron chi connectivity index (χ4n) is 1.56. The van der Waals surface area contributed by atoms with Crippen molar-refractivity contribution in [2.24, 2.45) is 0 Å². The summed E-state index contributed by atoms with van der Waals surface area (Å²) in [5.41, 5.74) is 8.11. The Morgan fingerprint density at radius 1 is 1.28 bits per heavy atom. The van der Waals surface area contributed by atoms with Crippen LogP contribution in [0.15, 0.2) is 40.9 Å². The van der Waals surface area contributed by atoms with Gasteiger partial charge in [0.2, 0.25) is 0 Å². The van der Waals surface area contributed by atoms with Crippen molar-refractivity contribution in [2.45, 2.75) is 6.54 Å². The van der Waals surface area contributed by atoms with Gasteiger partial charge in [0.05, 0.1) is 14.9 Å². The van der Waals surface area contributed by atoms with Crippen molar-refractivity contribution in [3.63, 3.8) is 0 Å². The van der Waals surface area contributed by atoms with Crippen LogP contribution in [-0.2, 0) is 6.54 Å². The summed E-state index contributed by atoms with van der Waals surface area (Å²) in [5.74, 6) is -0.262. The second-order valence-electron chi connectivity index (χ2n) is 3.84. The van der Waals surface area contributed by atoms with E-state index in [1.54, 1.807) is 6.07 Å². The normalized spacial score (nSPS) is 10.4. The Morgan fingerprint density at radius 2 is 2.06 bits per heavy atom. The molecule has 0 spiro atoms. The minimum absolute atomic E-state index is 0.262. The van der Waals surface area contributed by atoms with Crippen LogP contribution in [0.25, 0.3) is 0 Å². The SMILES string of the molecule is Nc1cc(I)c(F)cc1NCc1cccc(Br)c1. The molecule has 5 heteroatoms. The molecule has 0 saturated carbocycles. The van der Waals surface area contributed by atoms with E-state index in [0.717, 1.165) is 10.0 Å². The summed E-state index contributed by atoms with van der Waals surface area (Å²) in [4.78, 5) is 0. The minimum Gasteiger partial charge on any atom is -0.397 e. The van der Waals surface area contributed by atoms with Crippen molar-refractivity contribution < 1.29 is 4.39 Å². The summed E-state index contributed by atoms with van der Waals surface area (Å²) in [6, 6.07) is 11.0. The Bertz CT molecular complexity index is 575. The first-order valence-corrected chi connectivity index (χ1v) is 7.16. The van der Waals surface area contributed by atoms with E-state index in [2.05, 4.69) is 21.2 Å². The maximum Gasteiger partial charge on any atom is 0.138 e. The highest BCUT2D eigenvalue weighted by Gasteiger charge is 2.05. The zero-order chi connectivity index (χ0) is 13.1. The molecular weight excluding hydrogens is 410 g/mol. The second-order valence-corrected chi connectivity index (χ2v) is 5.91. The van der Waals surface area contributed by atoms with Crippen LogP contribution < -0.4 is 11.1 Å². The fourth-order valence-corrected chi connectivity index (χ4v) is 2.50. The molecule has 18 heavy (non-hydrogen) atoms. The third-order valence-electron chi connectivity index (χ3n) is 2.46. The third kappa shape index (κ3) is 3.35. The summed E-state index contributed by atoms with van der Waals surface area (Å²) in [5, 5.41) is 3.14. The second kappa shape index (κ2) is 5.88. The quantitative estimate of drug-likeness (QED) is 0.571. The average molecular weight is 421 g/mol. The summed E-state index contributed by atoms with van der Waals surface area (Å²) < 4.78 is 15.0. The molecule has 0 heterocycles. The van der Waals surface area contributed by atoms with Crippen molar-refractivity contribution in [3.05, 3.63) is 55.8 Å². The zero-order valence-corrected chi connectivity index (χ0v) is 13.1. The van der Waals surface area contributed by atoms with Gasteiger partial charge in [-0.25, -0.2) is 4.39 Å². The molecule has 0 atom stereocenters. The molecule has 0 saturated heterocycles. The molecule has 2 rings (SSSR count). The van der Waals surface area contributed by atoms with E-state index < -0.39 is 0 Å². The molecule has 0 aliphatic rings. The van der Waals surface area contributed by atoms with Gasteiger partial charge in [0, 0.05) is 17.1 Å². The van der Waals surface area contributed by atoms with E-state index in [1.807, 2.05) is 46.9 Å². The highest BCUT2D eigenvalue weighted by atomic mass is 127. The van der Waals surface area contributed by atoms with Gasteiger partial charge in [0.1, 0.15) is 5.82 Å². The molecule has 0 unspecified atom stereocenters. The largest absolute Gasteiger partial charge is 0.397 e. The summed E-state index contributed by atoms with van der Waals surface area (Å²) in [6.45, 7) is 0.601. The van der Waals surface area contributed by atoms with Gasteiger partial charge in [-0.3, -0.25) is 0 Å². The van der Waals surface area contributed by atoms with E-state index in [-0.39, 0.29) is 5.82 Å². The number of rotatable bonds is 3. The number of halogens is 3. The summed E-state index contributed by atoms with van der Waals surface area (Å²) in [6.07, 6.45) is 0. The van der Waals surface area contributed by atoms with Crippen molar-refractivity contribution in [2.75, 3.05) is 11.1 Å². The molecule has 2 aromatic rings. The van der Waals surface area contributed by atoms with Gasteiger partial charge in [-0.15, -0.1) is 0 Å². The number of benzene rings is 2. The number of nitrogens with one attached hydrogen (secondary N) is 1. The zero-order valence-electron chi connectivity index (χ0n) is 9.38. The first-order chi connectivity index (χ1) is 8.56. The van der Waals surface area contributed by atoms with Crippen LogP contribution in [-0.4, -0.2) is 0 Å². The van der Waals surface area contributed by atoms with E-state index in [0.29, 0.717) is 21.5 Å². The van der Waals surface area contributed by atoms with Crippen molar-refractivity contribution >= 4 is 49.9 Å². The Balaban J connectivity index is 2.13. The van der Waals surface area contributed by atoms with E-state index in [4.69, 9.17) is 5.73 Å². The minimum atomic E-state index is -0.262. The van der Waals surface area contributed by atoms with Crippen molar-refractivity contribution in [3.8, 4) is 0 Å². The van der Waals surface area contributed by atoms with E-state index >= 15 is 0 Å². The van der Waals surface area contributed by atoms with Crippen LogP contribution >= 0.6 is 38.5 Å². The Morgan fingerprint density at radius 3 is 2.78 bits per heavy atom. The van der Waals surface area contributed by atoms with Crippen LogP contribution in [0.4, 0.5) is 15.8 Å². The Hall–Kier alpha value is -0.820. The van der Waals surface area contributed by atoms with Gasteiger partial charge in [-0.05, 0) is 46.4 Å². The molecule has 0 bridgehead atoms. The third-order valence-corrected chi connectivity index (χ3v) is 3.78. The van der Waals surface area contributed by atoms with Crippen molar-refractivity contribution in [1.82, 2.24) is 0 Å². The Kier molecular flexibility index (Phi) is 4.45. The highest BCUT2D eigenvalue weighted by molar-refractivity contribution is 14.1. The molecule has 0 amide bonds. The van der Waals surface area contributed by atoms with Crippen LogP contribution in [0, 0.1) is 9.39 Å². The van der Waals surface area contributed by atoms with Gasteiger partial charge in [0.25, 0.3) is 0 Å². The number of anilines is 2. The predicted molar refractivity (Wildman–Crippen MR) is 85.0 cm³/mol. The van der Waals surface area contributed by atoms with Crippen LogP contribution in [0.1, 0.15) is 5.56 Å². The molecule has 2 aromatic carbocycles. The number of nitrogens with two attached hydrogens (primary N) is 1.